The van der Waals surface area contributed by atoms with Crippen molar-refractivity contribution in [3.63, 3.8) is 0 Å². The predicted octanol–water partition coefficient (Wildman–Crippen LogP) is 3.83. The minimum Gasteiger partial charge on any atom is -0.487 e. The van der Waals surface area contributed by atoms with Crippen LogP contribution in [0.1, 0.15) is 18.3 Å². The van der Waals surface area contributed by atoms with Crippen molar-refractivity contribution in [1.82, 2.24) is 9.78 Å². The van der Waals surface area contributed by atoms with Crippen molar-refractivity contribution in [2.24, 2.45) is 0 Å². The van der Waals surface area contributed by atoms with Crippen LogP contribution in [0.5, 0.6) is 5.75 Å². The molecule has 0 bridgehead atoms. The molecule has 0 aliphatic rings. The van der Waals surface area contributed by atoms with Crippen LogP contribution in [-0.4, -0.2) is 9.78 Å². The van der Waals surface area contributed by atoms with E-state index in [1.165, 1.54) is 6.07 Å². The zero-order valence-corrected chi connectivity index (χ0v) is 12.2. The highest BCUT2D eigenvalue weighted by Gasteiger charge is 2.13. The molecule has 6 heteroatoms. The lowest BCUT2D eigenvalue weighted by Gasteiger charge is -2.08. The topological polar surface area (TPSA) is 27.1 Å². The van der Waals surface area contributed by atoms with Crippen molar-refractivity contribution in [3.05, 3.63) is 45.7 Å². The second kappa shape index (κ2) is 5.69. The van der Waals surface area contributed by atoms with Crippen LogP contribution in [0.25, 0.3) is 0 Å². The van der Waals surface area contributed by atoms with Crippen molar-refractivity contribution in [3.8, 4) is 5.75 Å². The van der Waals surface area contributed by atoms with Gasteiger partial charge >= 0.3 is 0 Å². The van der Waals surface area contributed by atoms with Crippen LogP contribution in [0.3, 0.4) is 0 Å². The Balaban J connectivity index is 2.16. The molecule has 0 saturated heterocycles. The average Bonchev–Trinajstić information content (AvgIpc) is 2.67. The fraction of sp³-hybridized carbons (Fsp3) is 0.308. The van der Waals surface area contributed by atoms with Crippen molar-refractivity contribution < 1.29 is 13.5 Å². The molecule has 19 heavy (non-hydrogen) atoms. The van der Waals surface area contributed by atoms with Gasteiger partial charge in [-0.2, -0.15) is 5.10 Å². The lowest BCUT2D eigenvalue weighted by molar-refractivity contribution is 0.289. The van der Waals surface area contributed by atoms with Gasteiger partial charge in [0.05, 0.1) is 15.9 Å². The van der Waals surface area contributed by atoms with Crippen LogP contribution < -0.4 is 4.74 Å². The molecule has 0 N–H and O–H groups in total. The lowest BCUT2D eigenvalue weighted by atomic mass is 10.3. The van der Waals surface area contributed by atoms with E-state index in [9.17, 15) is 8.78 Å². The number of benzene rings is 1. The van der Waals surface area contributed by atoms with Gasteiger partial charge < -0.3 is 4.74 Å². The summed E-state index contributed by atoms with van der Waals surface area (Å²) in [5, 5.41) is 4.33. The molecule has 102 valence electrons. The molecule has 3 nitrogen and oxygen atoms in total. The summed E-state index contributed by atoms with van der Waals surface area (Å²) < 4.78 is 34.0. The highest BCUT2D eigenvalue weighted by atomic mass is 79.9. The Kier molecular flexibility index (Phi) is 4.19. The Hall–Kier alpha value is -1.43. The maximum absolute atomic E-state index is 13.1. The maximum atomic E-state index is 13.1. The number of rotatable bonds is 4. The normalized spacial score (nSPS) is 10.8. The van der Waals surface area contributed by atoms with Gasteiger partial charge in [-0.05, 0) is 41.9 Å². The molecule has 1 aromatic heterocycles. The minimum atomic E-state index is -0.920. The summed E-state index contributed by atoms with van der Waals surface area (Å²) >= 11 is 3.44. The zero-order chi connectivity index (χ0) is 14.0. The number of halogens is 3. The monoisotopic (exact) mass is 330 g/mol. The Morgan fingerprint density at radius 3 is 2.68 bits per heavy atom. The van der Waals surface area contributed by atoms with E-state index in [4.69, 9.17) is 4.74 Å². The van der Waals surface area contributed by atoms with Crippen molar-refractivity contribution in [1.29, 1.82) is 0 Å². The number of nitrogens with zero attached hydrogens (tertiary/aromatic N) is 2. The summed E-state index contributed by atoms with van der Waals surface area (Å²) in [6.45, 7) is 4.81. The van der Waals surface area contributed by atoms with Crippen molar-refractivity contribution in [2.75, 3.05) is 0 Å². The zero-order valence-electron chi connectivity index (χ0n) is 10.6. The maximum Gasteiger partial charge on any atom is 0.162 e. The van der Waals surface area contributed by atoms with Gasteiger partial charge in [-0.25, -0.2) is 8.78 Å². The molecule has 0 aliphatic heterocycles. The molecule has 0 fully saturated rings. The van der Waals surface area contributed by atoms with Crippen LogP contribution >= 0.6 is 15.9 Å². The molecule has 0 saturated carbocycles. The fourth-order valence-corrected chi connectivity index (χ4v) is 2.12. The number of aromatic nitrogens is 2. The van der Waals surface area contributed by atoms with E-state index >= 15 is 0 Å². The predicted molar refractivity (Wildman–Crippen MR) is 71.0 cm³/mol. The quantitative estimate of drug-likeness (QED) is 0.851. The SMILES string of the molecule is CCn1nc(C)c(Br)c1COc1ccc(F)c(F)c1. The third-order valence-electron chi connectivity index (χ3n) is 2.72. The molecule has 0 spiro atoms. The third kappa shape index (κ3) is 2.94. The molecule has 0 aliphatic carbocycles. The Bertz CT molecular complexity index is 599. The Morgan fingerprint density at radius 2 is 2.05 bits per heavy atom. The van der Waals surface area contributed by atoms with E-state index in [0.717, 1.165) is 28.0 Å². The van der Waals surface area contributed by atoms with Crippen LogP contribution in [0.2, 0.25) is 0 Å². The van der Waals surface area contributed by atoms with Crippen molar-refractivity contribution in [2.45, 2.75) is 27.0 Å². The van der Waals surface area contributed by atoms with Gasteiger partial charge in [-0.3, -0.25) is 4.68 Å². The van der Waals surface area contributed by atoms with Gasteiger partial charge in [0.25, 0.3) is 0 Å². The summed E-state index contributed by atoms with van der Waals surface area (Å²) in [6, 6.07) is 3.47. The number of ether oxygens (including phenoxy) is 1. The highest BCUT2D eigenvalue weighted by Crippen LogP contribution is 2.23. The third-order valence-corrected chi connectivity index (χ3v) is 3.75. The molecule has 2 aromatic rings. The van der Waals surface area contributed by atoms with Crippen LogP contribution in [-0.2, 0) is 13.2 Å². The lowest BCUT2D eigenvalue weighted by Crippen LogP contribution is -2.06. The molecular weight excluding hydrogens is 318 g/mol. The largest absolute Gasteiger partial charge is 0.487 e. The summed E-state index contributed by atoms with van der Waals surface area (Å²) in [4.78, 5) is 0. The summed E-state index contributed by atoms with van der Waals surface area (Å²) in [5.74, 6) is -1.52. The van der Waals surface area contributed by atoms with Crippen LogP contribution in [0, 0.1) is 18.6 Å². The van der Waals surface area contributed by atoms with Gasteiger partial charge in [-0.15, -0.1) is 0 Å². The Morgan fingerprint density at radius 1 is 1.32 bits per heavy atom. The number of aryl methyl sites for hydroxylation is 2. The summed E-state index contributed by atoms with van der Waals surface area (Å²) in [5.41, 5.74) is 1.73. The fourth-order valence-electron chi connectivity index (χ4n) is 1.73. The first-order chi connectivity index (χ1) is 9.02. The summed E-state index contributed by atoms with van der Waals surface area (Å²) in [7, 11) is 0. The molecule has 2 rings (SSSR count). The van der Waals surface area contributed by atoms with Gasteiger partial charge in [0.1, 0.15) is 12.4 Å². The van der Waals surface area contributed by atoms with Crippen molar-refractivity contribution >= 4 is 15.9 Å². The summed E-state index contributed by atoms with van der Waals surface area (Å²) in [6.07, 6.45) is 0. The van der Waals surface area contributed by atoms with E-state index in [1.807, 2.05) is 13.8 Å². The smallest absolute Gasteiger partial charge is 0.162 e. The average molecular weight is 331 g/mol. The Labute approximate surface area is 118 Å². The molecule has 0 unspecified atom stereocenters. The second-order valence-electron chi connectivity index (χ2n) is 4.03. The second-order valence-corrected chi connectivity index (χ2v) is 4.82. The molecule has 1 heterocycles. The molecule has 0 radical (unpaired) electrons. The van der Waals surface area contributed by atoms with Crippen LogP contribution in [0.15, 0.2) is 22.7 Å². The molecular formula is C13H13BrF2N2O. The van der Waals surface area contributed by atoms with E-state index in [0.29, 0.717) is 6.54 Å². The van der Waals surface area contributed by atoms with E-state index < -0.39 is 11.6 Å². The molecule has 0 amide bonds. The van der Waals surface area contributed by atoms with Gasteiger partial charge in [0.2, 0.25) is 0 Å². The number of hydrogen-bond acceptors (Lipinski definition) is 2. The first kappa shape index (κ1) is 14.0. The molecule has 0 atom stereocenters. The minimum absolute atomic E-state index is 0.236. The highest BCUT2D eigenvalue weighted by molar-refractivity contribution is 9.10. The van der Waals surface area contributed by atoms with Gasteiger partial charge in [0, 0.05) is 12.6 Å². The molecule has 1 aromatic carbocycles. The van der Waals surface area contributed by atoms with E-state index in [-0.39, 0.29) is 12.4 Å². The van der Waals surface area contributed by atoms with E-state index in [1.54, 1.807) is 4.68 Å². The standard InChI is InChI=1S/C13H13BrF2N2O/c1-3-18-12(13(14)8(2)17-18)7-19-9-4-5-10(15)11(16)6-9/h4-6H,3,7H2,1-2H3. The first-order valence-electron chi connectivity index (χ1n) is 5.82. The first-order valence-corrected chi connectivity index (χ1v) is 6.61. The van der Waals surface area contributed by atoms with Crippen LogP contribution in [0.4, 0.5) is 8.78 Å². The van der Waals surface area contributed by atoms with Gasteiger partial charge in [-0.1, -0.05) is 0 Å². The van der Waals surface area contributed by atoms with E-state index in [2.05, 4.69) is 21.0 Å². The van der Waals surface area contributed by atoms with Gasteiger partial charge in [0.15, 0.2) is 11.6 Å². The number of hydrogen-bond donors (Lipinski definition) is 0.